The third kappa shape index (κ3) is 3.94. The zero-order valence-corrected chi connectivity index (χ0v) is 11.8. The molecule has 0 heterocycles. The Morgan fingerprint density at radius 1 is 1.14 bits per heavy atom. The van der Waals surface area contributed by atoms with E-state index in [0.29, 0.717) is 6.42 Å². The first-order chi connectivity index (χ1) is 9.70. The van der Waals surface area contributed by atoms with E-state index >= 15 is 0 Å². The van der Waals surface area contributed by atoms with Gasteiger partial charge in [0.05, 0.1) is 5.92 Å². The molecular formula is C13H15F4NO2S. The molecule has 1 saturated carbocycles. The highest BCUT2D eigenvalue weighted by molar-refractivity contribution is 7.89. The minimum Gasteiger partial charge on any atom is -0.208 e. The minimum absolute atomic E-state index is 0.00141. The van der Waals surface area contributed by atoms with E-state index in [2.05, 4.69) is 4.72 Å². The van der Waals surface area contributed by atoms with Crippen molar-refractivity contribution in [3.63, 3.8) is 0 Å². The summed E-state index contributed by atoms with van der Waals surface area (Å²) in [5, 5.41) is 0. The minimum atomic E-state index is -4.33. The Hall–Kier alpha value is -1.15. The Kier molecular flexibility index (Phi) is 4.57. The molecule has 3 nitrogen and oxygen atoms in total. The number of sulfonamides is 1. The van der Waals surface area contributed by atoms with Crippen molar-refractivity contribution < 1.29 is 26.0 Å². The predicted octanol–water partition coefficient (Wildman–Crippen LogP) is 3.23. The number of rotatable bonds is 3. The van der Waals surface area contributed by atoms with Gasteiger partial charge in [-0.15, -0.1) is 0 Å². The number of halogens is 4. The number of hydrogen-bond acceptors (Lipinski definition) is 2. The fourth-order valence-electron chi connectivity index (χ4n) is 2.54. The summed E-state index contributed by atoms with van der Waals surface area (Å²) in [6.45, 7) is 0. The van der Waals surface area contributed by atoms with Crippen molar-refractivity contribution in [2.45, 2.75) is 42.8 Å². The monoisotopic (exact) mass is 325 g/mol. The van der Waals surface area contributed by atoms with Crippen LogP contribution in [0, 0.1) is 11.7 Å². The zero-order valence-electron chi connectivity index (χ0n) is 11.0. The van der Waals surface area contributed by atoms with E-state index in [-0.39, 0.29) is 19.3 Å². The molecule has 1 fully saturated rings. The van der Waals surface area contributed by atoms with Gasteiger partial charge in [0.1, 0.15) is 10.7 Å². The van der Waals surface area contributed by atoms with Crippen LogP contribution in [0.25, 0.3) is 0 Å². The van der Waals surface area contributed by atoms with E-state index < -0.39 is 38.9 Å². The van der Waals surface area contributed by atoms with Gasteiger partial charge in [0.25, 0.3) is 0 Å². The number of nitrogens with one attached hydrogen (secondary N) is 1. The molecule has 0 aliphatic heterocycles. The fraction of sp³-hybridized carbons (Fsp3) is 0.538. The van der Waals surface area contributed by atoms with Crippen LogP contribution in [0.1, 0.15) is 25.7 Å². The quantitative estimate of drug-likeness (QED) is 0.867. The van der Waals surface area contributed by atoms with Gasteiger partial charge < -0.3 is 0 Å². The van der Waals surface area contributed by atoms with Gasteiger partial charge in [0.15, 0.2) is 0 Å². The van der Waals surface area contributed by atoms with Gasteiger partial charge >= 0.3 is 6.18 Å². The van der Waals surface area contributed by atoms with Crippen LogP contribution in [0.4, 0.5) is 17.6 Å². The van der Waals surface area contributed by atoms with Crippen LogP contribution in [0.15, 0.2) is 29.2 Å². The van der Waals surface area contributed by atoms with Crippen molar-refractivity contribution in [1.82, 2.24) is 4.72 Å². The molecule has 0 spiro atoms. The average molecular weight is 325 g/mol. The second-order valence-electron chi connectivity index (χ2n) is 5.15. The highest BCUT2D eigenvalue weighted by Crippen LogP contribution is 2.37. The molecule has 1 aliphatic rings. The first-order valence-corrected chi connectivity index (χ1v) is 8.02. The Morgan fingerprint density at radius 3 is 2.43 bits per heavy atom. The second-order valence-corrected chi connectivity index (χ2v) is 6.84. The maximum atomic E-state index is 13.5. The third-order valence-electron chi connectivity index (χ3n) is 3.59. The highest BCUT2D eigenvalue weighted by atomic mass is 32.2. The molecule has 0 radical (unpaired) electrons. The first-order valence-electron chi connectivity index (χ1n) is 6.54. The van der Waals surface area contributed by atoms with Gasteiger partial charge in [-0.1, -0.05) is 18.6 Å². The molecule has 1 N–H and O–H groups in total. The predicted molar refractivity (Wildman–Crippen MR) is 68.5 cm³/mol. The van der Waals surface area contributed by atoms with E-state index in [0.717, 1.165) is 12.1 Å². The molecule has 0 bridgehead atoms. The lowest BCUT2D eigenvalue weighted by Crippen LogP contribution is -2.41. The van der Waals surface area contributed by atoms with Crippen LogP contribution < -0.4 is 4.72 Å². The first kappa shape index (κ1) is 16.2. The molecule has 0 saturated heterocycles. The highest BCUT2D eigenvalue weighted by Gasteiger charge is 2.42. The number of alkyl halides is 3. The Morgan fingerprint density at radius 2 is 1.81 bits per heavy atom. The molecule has 0 amide bonds. The van der Waals surface area contributed by atoms with E-state index in [1.165, 1.54) is 12.1 Å². The van der Waals surface area contributed by atoms with Crippen LogP contribution in [-0.4, -0.2) is 20.6 Å². The van der Waals surface area contributed by atoms with Crippen molar-refractivity contribution in [3.05, 3.63) is 30.1 Å². The molecule has 0 aromatic heterocycles. The van der Waals surface area contributed by atoms with Crippen molar-refractivity contribution in [3.8, 4) is 0 Å². The summed E-state index contributed by atoms with van der Waals surface area (Å²) >= 11 is 0. The second kappa shape index (κ2) is 5.92. The molecule has 2 unspecified atom stereocenters. The fourth-order valence-corrected chi connectivity index (χ4v) is 3.90. The average Bonchev–Trinajstić information content (AvgIpc) is 2.37. The van der Waals surface area contributed by atoms with Crippen molar-refractivity contribution in [2.75, 3.05) is 0 Å². The lowest BCUT2D eigenvalue weighted by atomic mass is 9.86. The summed E-state index contributed by atoms with van der Waals surface area (Å²) in [5.74, 6) is -2.44. The van der Waals surface area contributed by atoms with Crippen LogP contribution in [0.3, 0.4) is 0 Å². The standard InChI is InChI=1S/C13H15F4NO2S/c14-11-6-1-2-7-12(11)21(19,20)18-10-5-3-4-9(8-10)13(15,16)17/h1-2,6-7,9-10,18H,3-5,8H2. The van der Waals surface area contributed by atoms with Gasteiger partial charge in [-0.3, -0.25) is 0 Å². The van der Waals surface area contributed by atoms with Crippen LogP contribution in [0.5, 0.6) is 0 Å². The molecule has 2 rings (SSSR count). The van der Waals surface area contributed by atoms with Crippen LogP contribution in [-0.2, 0) is 10.0 Å². The van der Waals surface area contributed by atoms with Gasteiger partial charge in [-0.2, -0.15) is 13.2 Å². The number of benzene rings is 1. The third-order valence-corrected chi connectivity index (χ3v) is 5.14. The summed E-state index contributed by atoms with van der Waals surface area (Å²) in [7, 11) is -4.15. The summed E-state index contributed by atoms with van der Waals surface area (Å²) < 4.78 is 77.9. The molecule has 1 aromatic rings. The maximum Gasteiger partial charge on any atom is 0.391 e. The van der Waals surface area contributed by atoms with E-state index in [9.17, 15) is 26.0 Å². The van der Waals surface area contributed by atoms with E-state index in [4.69, 9.17) is 0 Å². The summed E-state index contributed by atoms with van der Waals surface area (Å²) in [4.78, 5) is -0.542. The molecule has 2 atom stereocenters. The SMILES string of the molecule is O=S(=O)(NC1CCCC(C(F)(F)F)C1)c1ccccc1F. The Balaban J connectivity index is 2.12. The summed E-state index contributed by atoms with van der Waals surface area (Å²) in [6.07, 6.45) is -4.03. The largest absolute Gasteiger partial charge is 0.391 e. The van der Waals surface area contributed by atoms with Crippen LogP contribution in [0.2, 0.25) is 0 Å². The van der Waals surface area contributed by atoms with Crippen molar-refractivity contribution in [1.29, 1.82) is 0 Å². The summed E-state index contributed by atoms with van der Waals surface area (Å²) in [5.41, 5.74) is 0. The Bertz CT molecular complexity index is 600. The van der Waals surface area contributed by atoms with E-state index in [1.807, 2.05) is 0 Å². The lowest BCUT2D eigenvalue weighted by Gasteiger charge is -2.30. The number of hydrogen-bond donors (Lipinski definition) is 1. The van der Waals surface area contributed by atoms with Crippen molar-refractivity contribution >= 4 is 10.0 Å². The molecule has 1 aromatic carbocycles. The normalized spacial score (nSPS) is 24.0. The smallest absolute Gasteiger partial charge is 0.208 e. The molecule has 21 heavy (non-hydrogen) atoms. The topological polar surface area (TPSA) is 46.2 Å². The van der Waals surface area contributed by atoms with Gasteiger partial charge in [-0.25, -0.2) is 17.5 Å². The molecule has 8 heteroatoms. The molecular weight excluding hydrogens is 310 g/mol. The molecule has 1 aliphatic carbocycles. The lowest BCUT2D eigenvalue weighted by molar-refractivity contribution is -0.183. The maximum absolute atomic E-state index is 13.5. The van der Waals surface area contributed by atoms with Crippen molar-refractivity contribution in [2.24, 2.45) is 5.92 Å². The molecule has 118 valence electrons. The summed E-state index contributed by atoms with van der Waals surface area (Å²) in [6, 6.07) is 3.96. The van der Waals surface area contributed by atoms with E-state index in [1.54, 1.807) is 0 Å². The van der Waals surface area contributed by atoms with Gasteiger partial charge in [0.2, 0.25) is 10.0 Å². The Labute approximate surface area is 120 Å². The van der Waals surface area contributed by atoms with Crippen LogP contribution >= 0.6 is 0 Å². The van der Waals surface area contributed by atoms with Gasteiger partial charge in [-0.05, 0) is 31.4 Å². The zero-order chi connectivity index (χ0) is 15.7. The van der Waals surface area contributed by atoms with Gasteiger partial charge in [0, 0.05) is 6.04 Å².